The maximum atomic E-state index is 10.9. The molecule has 0 unspecified atom stereocenters. The van der Waals surface area contributed by atoms with Crippen LogP contribution >= 0.6 is 22.6 Å². The van der Waals surface area contributed by atoms with Gasteiger partial charge in [0.25, 0.3) is 5.69 Å². The molecule has 1 aromatic carbocycles. The predicted molar refractivity (Wildman–Crippen MR) is 78.9 cm³/mol. The Morgan fingerprint density at radius 3 is 2.58 bits per heavy atom. The van der Waals surface area contributed by atoms with Gasteiger partial charge in [-0.3, -0.25) is 15.4 Å². The SMILES string of the molecule is O=C(O)Nc1cc(N2CCCC2)c(I)cc1[N+](=O)[O-]. The Morgan fingerprint density at radius 1 is 1.42 bits per heavy atom. The van der Waals surface area contributed by atoms with Crippen molar-refractivity contribution in [3.63, 3.8) is 0 Å². The number of hydrogen-bond donors (Lipinski definition) is 2. The number of nitro benzene ring substituents is 1. The highest BCUT2D eigenvalue weighted by molar-refractivity contribution is 14.1. The Hall–Kier alpha value is -1.58. The summed E-state index contributed by atoms with van der Waals surface area (Å²) in [5.74, 6) is 0. The molecule has 0 aromatic heterocycles. The van der Waals surface area contributed by atoms with E-state index in [4.69, 9.17) is 5.11 Å². The molecule has 1 amide bonds. The molecule has 0 saturated carbocycles. The number of anilines is 2. The summed E-state index contributed by atoms with van der Waals surface area (Å²) in [5.41, 5.74) is 0.627. The zero-order valence-electron chi connectivity index (χ0n) is 9.93. The van der Waals surface area contributed by atoms with E-state index in [0.29, 0.717) is 0 Å². The quantitative estimate of drug-likeness (QED) is 0.480. The Morgan fingerprint density at radius 2 is 2.05 bits per heavy atom. The largest absolute Gasteiger partial charge is 0.465 e. The Bertz CT molecular complexity index is 529. The van der Waals surface area contributed by atoms with Crippen LogP contribution in [0.2, 0.25) is 0 Å². The third-order valence-electron chi connectivity index (χ3n) is 2.95. The third-order valence-corrected chi connectivity index (χ3v) is 3.81. The van der Waals surface area contributed by atoms with Crippen molar-refractivity contribution in [1.82, 2.24) is 0 Å². The van der Waals surface area contributed by atoms with Crippen LogP contribution in [0.4, 0.5) is 21.9 Å². The second-order valence-electron chi connectivity index (χ2n) is 4.20. The van der Waals surface area contributed by atoms with Crippen molar-refractivity contribution < 1.29 is 14.8 Å². The number of halogens is 1. The number of carboxylic acid groups (broad SMARTS) is 1. The van der Waals surface area contributed by atoms with E-state index in [1.165, 1.54) is 6.07 Å². The number of amides is 1. The van der Waals surface area contributed by atoms with Gasteiger partial charge in [-0.15, -0.1) is 0 Å². The van der Waals surface area contributed by atoms with E-state index in [2.05, 4.69) is 10.2 Å². The smallest absolute Gasteiger partial charge is 0.409 e. The highest BCUT2D eigenvalue weighted by atomic mass is 127. The number of rotatable bonds is 3. The van der Waals surface area contributed by atoms with Gasteiger partial charge in [-0.25, -0.2) is 4.79 Å². The van der Waals surface area contributed by atoms with E-state index in [9.17, 15) is 14.9 Å². The first kappa shape index (κ1) is 13.8. The molecule has 0 spiro atoms. The van der Waals surface area contributed by atoms with Gasteiger partial charge < -0.3 is 10.0 Å². The molecule has 1 fully saturated rings. The second kappa shape index (κ2) is 5.59. The molecular weight excluding hydrogens is 365 g/mol. The standard InChI is InChI=1S/C11H12IN3O4/c12-7-5-10(15(18)19)8(13-11(16)17)6-9(7)14-3-1-2-4-14/h5-6,13H,1-4H2,(H,16,17). The minimum atomic E-state index is -1.31. The Kier molecular flexibility index (Phi) is 4.08. The van der Waals surface area contributed by atoms with Gasteiger partial charge in [-0.05, 0) is 41.5 Å². The first-order valence-corrected chi connectivity index (χ1v) is 6.79. The number of hydrogen-bond acceptors (Lipinski definition) is 4. The minimum Gasteiger partial charge on any atom is -0.465 e. The van der Waals surface area contributed by atoms with Crippen molar-refractivity contribution in [3.8, 4) is 0 Å². The summed E-state index contributed by atoms with van der Waals surface area (Å²) >= 11 is 2.04. The predicted octanol–water partition coefficient (Wildman–Crippen LogP) is 2.89. The average molecular weight is 377 g/mol. The summed E-state index contributed by atoms with van der Waals surface area (Å²) in [6.07, 6.45) is 0.848. The van der Waals surface area contributed by atoms with Gasteiger partial charge >= 0.3 is 6.09 Å². The molecule has 0 atom stereocenters. The fourth-order valence-corrected chi connectivity index (χ4v) is 2.91. The molecule has 1 heterocycles. The van der Waals surface area contributed by atoms with Crippen molar-refractivity contribution in [2.75, 3.05) is 23.3 Å². The van der Waals surface area contributed by atoms with Crippen LogP contribution in [-0.4, -0.2) is 29.2 Å². The zero-order chi connectivity index (χ0) is 14.0. The third kappa shape index (κ3) is 3.06. The van der Waals surface area contributed by atoms with Crippen LogP contribution in [0.5, 0.6) is 0 Å². The molecule has 19 heavy (non-hydrogen) atoms. The molecule has 0 radical (unpaired) electrons. The Balaban J connectivity index is 2.45. The molecule has 1 aliphatic heterocycles. The van der Waals surface area contributed by atoms with Crippen molar-refractivity contribution in [2.24, 2.45) is 0 Å². The lowest BCUT2D eigenvalue weighted by Gasteiger charge is -2.20. The van der Waals surface area contributed by atoms with E-state index in [-0.39, 0.29) is 11.4 Å². The number of nitro groups is 1. The van der Waals surface area contributed by atoms with Crippen LogP contribution in [0, 0.1) is 13.7 Å². The lowest BCUT2D eigenvalue weighted by molar-refractivity contribution is -0.384. The van der Waals surface area contributed by atoms with E-state index in [1.54, 1.807) is 6.07 Å². The summed E-state index contributed by atoms with van der Waals surface area (Å²) in [4.78, 5) is 23.2. The van der Waals surface area contributed by atoms with Crippen molar-refractivity contribution in [3.05, 3.63) is 25.8 Å². The van der Waals surface area contributed by atoms with E-state index < -0.39 is 11.0 Å². The fourth-order valence-electron chi connectivity index (χ4n) is 2.12. The second-order valence-corrected chi connectivity index (χ2v) is 5.36. The highest BCUT2D eigenvalue weighted by Gasteiger charge is 2.22. The zero-order valence-corrected chi connectivity index (χ0v) is 12.1. The fraction of sp³-hybridized carbons (Fsp3) is 0.364. The van der Waals surface area contributed by atoms with Crippen LogP contribution in [0.3, 0.4) is 0 Å². The number of nitrogens with one attached hydrogen (secondary N) is 1. The van der Waals surface area contributed by atoms with Crippen LogP contribution in [0.25, 0.3) is 0 Å². The lowest BCUT2D eigenvalue weighted by atomic mass is 10.2. The monoisotopic (exact) mass is 377 g/mol. The lowest BCUT2D eigenvalue weighted by Crippen LogP contribution is -2.19. The van der Waals surface area contributed by atoms with Gasteiger partial charge in [-0.2, -0.15) is 0 Å². The van der Waals surface area contributed by atoms with Crippen LogP contribution in [-0.2, 0) is 0 Å². The van der Waals surface area contributed by atoms with Crippen LogP contribution < -0.4 is 10.2 Å². The first-order valence-electron chi connectivity index (χ1n) is 5.72. The minimum absolute atomic E-state index is 0.0137. The van der Waals surface area contributed by atoms with Crippen LogP contribution in [0.1, 0.15) is 12.8 Å². The molecule has 1 saturated heterocycles. The maximum Gasteiger partial charge on any atom is 0.409 e. The molecule has 2 N–H and O–H groups in total. The summed E-state index contributed by atoms with van der Waals surface area (Å²) in [7, 11) is 0. The maximum absolute atomic E-state index is 10.9. The molecule has 2 rings (SSSR count). The molecular formula is C11H12IN3O4. The van der Waals surface area contributed by atoms with Gasteiger partial charge in [0.05, 0.1) is 10.6 Å². The summed E-state index contributed by atoms with van der Waals surface area (Å²) in [6, 6.07) is 2.94. The van der Waals surface area contributed by atoms with Crippen molar-refractivity contribution in [1.29, 1.82) is 0 Å². The van der Waals surface area contributed by atoms with E-state index in [0.717, 1.165) is 35.2 Å². The molecule has 7 nitrogen and oxygen atoms in total. The summed E-state index contributed by atoms with van der Waals surface area (Å²) in [6.45, 7) is 1.78. The Labute approximate surface area is 122 Å². The topological polar surface area (TPSA) is 95.7 Å². The van der Waals surface area contributed by atoms with Gasteiger partial charge in [0, 0.05) is 22.7 Å². The first-order chi connectivity index (χ1) is 8.99. The molecule has 0 bridgehead atoms. The summed E-state index contributed by atoms with van der Waals surface area (Å²) < 4.78 is 0.752. The number of nitrogens with zero attached hydrogens (tertiary/aromatic N) is 2. The molecule has 8 heteroatoms. The van der Waals surface area contributed by atoms with E-state index >= 15 is 0 Å². The van der Waals surface area contributed by atoms with Crippen molar-refractivity contribution in [2.45, 2.75) is 12.8 Å². The normalized spacial score (nSPS) is 14.5. The van der Waals surface area contributed by atoms with Gasteiger partial charge in [0.2, 0.25) is 0 Å². The molecule has 102 valence electrons. The average Bonchev–Trinajstić information content (AvgIpc) is 2.83. The van der Waals surface area contributed by atoms with Gasteiger partial charge in [0.1, 0.15) is 5.69 Å². The molecule has 1 aromatic rings. The van der Waals surface area contributed by atoms with E-state index in [1.807, 2.05) is 22.6 Å². The van der Waals surface area contributed by atoms with Crippen LogP contribution in [0.15, 0.2) is 12.1 Å². The molecule has 1 aliphatic rings. The van der Waals surface area contributed by atoms with Gasteiger partial charge in [-0.1, -0.05) is 0 Å². The number of benzene rings is 1. The number of carbonyl (C=O) groups is 1. The van der Waals surface area contributed by atoms with Crippen molar-refractivity contribution >= 4 is 45.7 Å². The summed E-state index contributed by atoms with van der Waals surface area (Å²) in [5, 5.41) is 21.8. The van der Waals surface area contributed by atoms with Gasteiger partial charge in [0.15, 0.2) is 0 Å². The molecule has 0 aliphatic carbocycles. The highest BCUT2D eigenvalue weighted by Crippen LogP contribution is 2.35.